The molecule has 1 aliphatic rings. The average Bonchev–Trinajstić information content (AvgIpc) is 2.32. The smallest absolute Gasteiger partial charge is 0.329 e. The summed E-state index contributed by atoms with van der Waals surface area (Å²) < 4.78 is 5.19. The van der Waals surface area contributed by atoms with Crippen LogP contribution in [0.5, 0.6) is 0 Å². The molecule has 5 heteroatoms. The Kier molecular flexibility index (Phi) is 3.56. The van der Waals surface area contributed by atoms with Gasteiger partial charge in [-0.3, -0.25) is 14.5 Å². The summed E-state index contributed by atoms with van der Waals surface area (Å²) in [7, 11) is 0. The Balaban J connectivity index is 2.85. The normalized spacial score (nSPS) is 21.1. The van der Waals surface area contributed by atoms with Crippen LogP contribution in [0.1, 0.15) is 48.0 Å². The molecular formula is C13H21NO4. The summed E-state index contributed by atoms with van der Waals surface area (Å²) in [6.07, 6.45) is 0.138. The fraction of sp³-hybridized carbons (Fsp3) is 0.769. The van der Waals surface area contributed by atoms with Gasteiger partial charge in [-0.05, 0) is 27.7 Å². The third kappa shape index (κ3) is 2.89. The number of imide groups is 1. The van der Waals surface area contributed by atoms with Crippen LogP contribution in [0.2, 0.25) is 0 Å². The number of hydrogen-bond acceptors (Lipinski definition) is 4. The molecule has 0 radical (unpaired) electrons. The van der Waals surface area contributed by atoms with Crippen LogP contribution >= 0.6 is 0 Å². The lowest BCUT2D eigenvalue weighted by Gasteiger charge is -2.27. The number of hydrogen-bond donors (Lipinski definition) is 0. The van der Waals surface area contributed by atoms with Gasteiger partial charge in [-0.25, -0.2) is 4.79 Å². The molecule has 1 fully saturated rings. The monoisotopic (exact) mass is 255 g/mol. The summed E-state index contributed by atoms with van der Waals surface area (Å²) in [5, 5.41) is 0. The molecule has 1 rings (SSSR count). The summed E-state index contributed by atoms with van der Waals surface area (Å²) in [5.74, 6) is -1.18. The topological polar surface area (TPSA) is 63.7 Å². The van der Waals surface area contributed by atoms with Crippen LogP contribution in [0.15, 0.2) is 0 Å². The maximum absolute atomic E-state index is 12.0. The predicted octanol–water partition coefficient (Wildman–Crippen LogP) is 1.50. The van der Waals surface area contributed by atoms with E-state index in [0.717, 1.165) is 4.90 Å². The number of likely N-dealkylation sites (tertiary alicyclic amines) is 1. The minimum Gasteiger partial charge on any atom is -0.458 e. The van der Waals surface area contributed by atoms with Crippen LogP contribution < -0.4 is 0 Å². The zero-order valence-electron chi connectivity index (χ0n) is 11.9. The molecule has 18 heavy (non-hydrogen) atoms. The predicted molar refractivity (Wildman–Crippen MR) is 65.6 cm³/mol. The second kappa shape index (κ2) is 4.37. The van der Waals surface area contributed by atoms with Crippen molar-refractivity contribution in [2.24, 2.45) is 5.41 Å². The molecule has 2 amide bonds. The first-order valence-electron chi connectivity index (χ1n) is 6.05. The van der Waals surface area contributed by atoms with Gasteiger partial charge in [-0.2, -0.15) is 0 Å². The van der Waals surface area contributed by atoms with Crippen LogP contribution in [-0.4, -0.2) is 34.3 Å². The van der Waals surface area contributed by atoms with E-state index >= 15 is 0 Å². The van der Waals surface area contributed by atoms with Crippen LogP contribution in [-0.2, 0) is 19.1 Å². The fourth-order valence-corrected chi connectivity index (χ4v) is 1.86. The molecule has 0 N–H and O–H groups in total. The second-order valence-corrected chi connectivity index (χ2v) is 6.34. The van der Waals surface area contributed by atoms with E-state index in [-0.39, 0.29) is 18.2 Å². The van der Waals surface area contributed by atoms with Gasteiger partial charge in [0.05, 0.1) is 5.41 Å². The first-order valence-corrected chi connectivity index (χ1v) is 6.05. The Morgan fingerprint density at radius 2 is 1.83 bits per heavy atom. The van der Waals surface area contributed by atoms with Gasteiger partial charge in [-0.1, -0.05) is 13.8 Å². The van der Waals surface area contributed by atoms with E-state index in [1.165, 1.54) is 6.92 Å². The third-order valence-electron chi connectivity index (χ3n) is 2.79. The Bertz CT molecular complexity index is 392. The summed E-state index contributed by atoms with van der Waals surface area (Å²) >= 11 is 0. The van der Waals surface area contributed by atoms with Gasteiger partial charge in [0.1, 0.15) is 11.6 Å². The summed E-state index contributed by atoms with van der Waals surface area (Å²) in [6, 6.07) is -0.869. The zero-order valence-corrected chi connectivity index (χ0v) is 11.9. The number of esters is 1. The number of rotatable bonds is 2. The molecule has 0 saturated carbocycles. The minimum absolute atomic E-state index is 0.138. The highest BCUT2D eigenvalue weighted by molar-refractivity contribution is 6.08. The summed E-state index contributed by atoms with van der Waals surface area (Å²) in [5.41, 5.74) is -1.36. The third-order valence-corrected chi connectivity index (χ3v) is 2.79. The maximum atomic E-state index is 12.0. The highest BCUT2D eigenvalue weighted by Gasteiger charge is 2.48. The van der Waals surface area contributed by atoms with Gasteiger partial charge in [0.15, 0.2) is 0 Å². The van der Waals surface area contributed by atoms with Gasteiger partial charge >= 0.3 is 5.97 Å². The largest absolute Gasteiger partial charge is 0.458 e. The van der Waals surface area contributed by atoms with Gasteiger partial charge in [-0.15, -0.1) is 0 Å². The first-order chi connectivity index (χ1) is 7.96. The van der Waals surface area contributed by atoms with Crippen LogP contribution in [0.25, 0.3) is 0 Å². The van der Waals surface area contributed by atoms with Crippen molar-refractivity contribution < 1.29 is 19.1 Å². The molecule has 1 saturated heterocycles. The number of amides is 2. The van der Waals surface area contributed by atoms with Crippen LogP contribution in [0.3, 0.4) is 0 Å². The van der Waals surface area contributed by atoms with Crippen molar-refractivity contribution in [3.63, 3.8) is 0 Å². The van der Waals surface area contributed by atoms with Crippen molar-refractivity contribution in [1.82, 2.24) is 4.90 Å². The molecule has 1 atom stereocenters. The van der Waals surface area contributed by atoms with Crippen molar-refractivity contribution in [2.45, 2.75) is 59.6 Å². The quantitative estimate of drug-likeness (QED) is 0.554. The Morgan fingerprint density at radius 3 is 2.17 bits per heavy atom. The molecule has 0 aromatic rings. The molecule has 1 heterocycles. The summed E-state index contributed by atoms with van der Waals surface area (Å²) in [6.45, 7) is 10.2. The lowest BCUT2D eigenvalue weighted by Crippen LogP contribution is -2.46. The van der Waals surface area contributed by atoms with E-state index in [1.807, 2.05) is 0 Å². The Hall–Kier alpha value is -1.39. The van der Waals surface area contributed by atoms with E-state index in [4.69, 9.17) is 4.74 Å². The number of ether oxygens (including phenoxy) is 1. The zero-order chi connectivity index (χ0) is 14.3. The molecule has 1 unspecified atom stereocenters. The molecule has 102 valence electrons. The first kappa shape index (κ1) is 14.7. The minimum atomic E-state index is -0.869. The number of carbonyl (C=O) groups excluding carboxylic acids is 3. The van der Waals surface area contributed by atoms with Gasteiger partial charge < -0.3 is 4.74 Å². The van der Waals surface area contributed by atoms with Gasteiger partial charge in [0, 0.05) is 6.42 Å². The van der Waals surface area contributed by atoms with E-state index in [9.17, 15) is 14.4 Å². The van der Waals surface area contributed by atoms with Crippen molar-refractivity contribution in [2.75, 3.05) is 0 Å². The number of nitrogens with zero attached hydrogens (tertiary/aromatic N) is 1. The van der Waals surface area contributed by atoms with Crippen LogP contribution in [0.4, 0.5) is 0 Å². The lowest BCUT2D eigenvalue weighted by molar-refractivity contribution is -0.166. The van der Waals surface area contributed by atoms with Crippen molar-refractivity contribution in [3.8, 4) is 0 Å². The van der Waals surface area contributed by atoms with Crippen molar-refractivity contribution in [3.05, 3.63) is 0 Å². The maximum Gasteiger partial charge on any atom is 0.329 e. The molecule has 0 aromatic heterocycles. The molecule has 0 bridgehead atoms. The highest BCUT2D eigenvalue weighted by atomic mass is 16.6. The average molecular weight is 255 g/mol. The standard InChI is InChI=1S/C13H21NO4/c1-8(10(16)18-12(2,3)4)14-9(15)7-13(5,6)11(14)17/h8H,7H2,1-6H3. The number of carbonyl (C=O) groups is 3. The molecule has 1 aliphatic heterocycles. The van der Waals surface area contributed by atoms with E-state index < -0.39 is 23.0 Å². The lowest BCUT2D eigenvalue weighted by atomic mass is 9.92. The Morgan fingerprint density at radius 1 is 1.33 bits per heavy atom. The highest BCUT2D eigenvalue weighted by Crippen LogP contribution is 2.33. The SMILES string of the molecule is CC(C(=O)OC(C)(C)C)N1C(=O)CC(C)(C)C1=O. The Labute approximate surface area is 107 Å². The molecule has 0 aliphatic carbocycles. The van der Waals surface area contributed by atoms with E-state index in [2.05, 4.69) is 0 Å². The molecular weight excluding hydrogens is 234 g/mol. The van der Waals surface area contributed by atoms with Crippen molar-refractivity contribution in [1.29, 1.82) is 0 Å². The second-order valence-electron chi connectivity index (χ2n) is 6.34. The van der Waals surface area contributed by atoms with Gasteiger partial charge in [0.25, 0.3) is 0 Å². The molecule has 5 nitrogen and oxygen atoms in total. The van der Waals surface area contributed by atoms with E-state index in [1.54, 1.807) is 34.6 Å². The molecule has 0 spiro atoms. The van der Waals surface area contributed by atoms with Gasteiger partial charge in [0.2, 0.25) is 11.8 Å². The van der Waals surface area contributed by atoms with Crippen LogP contribution in [0, 0.1) is 5.41 Å². The fourth-order valence-electron chi connectivity index (χ4n) is 1.86. The molecule has 0 aromatic carbocycles. The van der Waals surface area contributed by atoms with Crippen molar-refractivity contribution >= 4 is 17.8 Å². The van der Waals surface area contributed by atoms with E-state index in [0.29, 0.717) is 0 Å². The summed E-state index contributed by atoms with van der Waals surface area (Å²) in [4.78, 5) is 36.8.